The largest absolute Gasteiger partial charge is 0.399 e. The van der Waals surface area contributed by atoms with E-state index >= 15 is 0 Å². The third-order valence-corrected chi connectivity index (χ3v) is 1.81. The van der Waals surface area contributed by atoms with Crippen molar-refractivity contribution in [3.05, 3.63) is 36.4 Å². The molecule has 1 aromatic carbocycles. The van der Waals surface area contributed by atoms with Gasteiger partial charge in [0.05, 0.1) is 11.3 Å². The zero-order chi connectivity index (χ0) is 9.97. The Morgan fingerprint density at radius 2 is 2.29 bits per heavy atom. The molecule has 68 valence electrons. The Hall–Kier alpha value is -2.35. The van der Waals surface area contributed by atoms with Gasteiger partial charge in [-0.05, 0) is 18.2 Å². The molecule has 0 spiro atoms. The van der Waals surface area contributed by atoms with E-state index < -0.39 is 0 Å². The molecule has 0 bridgehead atoms. The van der Waals surface area contributed by atoms with Gasteiger partial charge in [-0.15, -0.1) is 0 Å². The van der Waals surface area contributed by atoms with E-state index in [0.717, 1.165) is 0 Å². The zero-order valence-electron chi connectivity index (χ0n) is 7.25. The summed E-state index contributed by atoms with van der Waals surface area (Å²) in [6.07, 6.45) is 2.95. The van der Waals surface area contributed by atoms with E-state index in [1.54, 1.807) is 18.2 Å². The van der Waals surface area contributed by atoms with Crippen LogP contribution in [0.25, 0.3) is 5.69 Å². The van der Waals surface area contributed by atoms with E-state index in [9.17, 15) is 0 Å². The first kappa shape index (κ1) is 8.26. The number of rotatable bonds is 1. The van der Waals surface area contributed by atoms with Crippen molar-refractivity contribution in [2.45, 2.75) is 0 Å². The summed E-state index contributed by atoms with van der Waals surface area (Å²) in [5, 5.41) is 12.8. The molecule has 14 heavy (non-hydrogen) atoms. The Bertz CT molecular complexity index is 480. The molecule has 0 radical (unpaired) electrons. The van der Waals surface area contributed by atoms with Gasteiger partial charge in [-0.25, -0.2) is 9.67 Å². The van der Waals surface area contributed by atoms with Crippen molar-refractivity contribution in [2.75, 3.05) is 5.73 Å². The number of aromatic nitrogens is 3. The van der Waals surface area contributed by atoms with Crippen LogP contribution in [0.5, 0.6) is 0 Å². The van der Waals surface area contributed by atoms with E-state index in [4.69, 9.17) is 11.0 Å². The lowest BCUT2D eigenvalue weighted by Crippen LogP contribution is -1.98. The Morgan fingerprint density at radius 1 is 1.43 bits per heavy atom. The average molecular weight is 185 g/mol. The van der Waals surface area contributed by atoms with Crippen LogP contribution in [-0.4, -0.2) is 14.8 Å². The second-order valence-electron chi connectivity index (χ2n) is 2.73. The normalized spacial score (nSPS) is 9.64. The van der Waals surface area contributed by atoms with Gasteiger partial charge in [0.2, 0.25) is 0 Å². The number of benzene rings is 1. The molecular formula is C9H7N5. The summed E-state index contributed by atoms with van der Waals surface area (Å²) in [4.78, 5) is 3.81. The predicted molar refractivity (Wildman–Crippen MR) is 50.5 cm³/mol. The molecule has 5 heteroatoms. The fourth-order valence-electron chi connectivity index (χ4n) is 1.18. The van der Waals surface area contributed by atoms with Crippen LogP contribution in [0, 0.1) is 11.3 Å². The molecule has 5 nitrogen and oxygen atoms in total. The summed E-state index contributed by atoms with van der Waals surface area (Å²) >= 11 is 0. The standard InChI is InChI=1S/C9H7N5/c10-4-7-3-8(11)1-2-9(7)14-6-12-5-13-14/h1-3,5-6H,11H2. The molecule has 2 rings (SSSR count). The van der Waals surface area contributed by atoms with Crippen molar-refractivity contribution in [3.8, 4) is 11.8 Å². The van der Waals surface area contributed by atoms with Crippen LogP contribution in [0.15, 0.2) is 30.9 Å². The van der Waals surface area contributed by atoms with Crippen molar-refractivity contribution in [1.29, 1.82) is 5.26 Å². The van der Waals surface area contributed by atoms with Crippen LogP contribution in [-0.2, 0) is 0 Å². The second-order valence-corrected chi connectivity index (χ2v) is 2.73. The molecule has 2 N–H and O–H groups in total. The van der Waals surface area contributed by atoms with Gasteiger partial charge in [-0.2, -0.15) is 10.4 Å². The molecule has 0 atom stereocenters. The van der Waals surface area contributed by atoms with E-state index in [2.05, 4.69) is 16.2 Å². The SMILES string of the molecule is N#Cc1cc(N)ccc1-n1cncn1. The number of nitrogens with zero attached hydrogens (tertiary/aromatic N) is 4. The monoisotopic (exact) mass is 185 g/mol. The fourth-order valence-corrected chi connectivity index (χ4v) is 1.18. The molecule has 0 unspecified atom stereocenters. The summed E-state index contributed by atoms with van der Waals surface area (Å²) in [7, 11) is 0. The van der Waals surface area contributed by atoms with Gasteiger partial charge >= 0.3 is 0 Å². The van der Waals surface area contributed by atoms with E-state index in [1.807, 2.05) is 0 Å². The minimum atomic E-state index is 0.482. The van der Waals surface area contributed by atoms with Gasteiger partial charge in [0.25, 0.3) is 0 Å². The number of anilines is 1. The zero-order valence-corrected chi connectivity index (χ0v) is 7.25. The first-order chi connectivity index (χ1) is 6.81. The Balaban J connectivity index is 2.60. The molecule has 0 saturated carbocycles. The minimum absolute atomic E-state index is 0.482. The summed E-state index contributed by atoms with van der Waals surface area (Å²) in [6.45, 7) is 0. The number of nitriles is 1. The van der Waals surface area contributed by atoms with Gasteiger partial charge in [-0.1, -0.05) is 0 Å². The number of nitrogens with two attached hydrogens (primary N) is 1. The maximum Gasteiger partial charge on any atom is 0.138 e. The van der Waals surface area contributed by atoms with Crippen molar-refractivity contribution < 1.29 is 0 Å². The highest BCUT2D eigenvalue weighted by molar-refractivity contribution is 5.56. The summed E-state index contributed by atoms with van der Waals surface area (Å²) in [5.41, 5.74) is 7.28. The molecule has 1 heterocycles. The lowest BCUT2D eigenvalue weighted by molar-refractivity contribution is 0.876. The number of hydrogen-bond donors (Lipinski definition) is 1. The van der Waals surface area contributed by atoms with Gasteiger partial charge < -0.3 is 5.73 Å². The average Bonchev–Trinajstić information content (AvgIpc) is 2.70. The van der Waals surface area contributed by atoms with Gasteiger partial charge in [0, 0.05) is 5.69 Å². The molecule has 0 aliphatic heterocycles. The summed E-state index contributed by atoms with van der Waals surface area (Å²) in [5.74, 6) is 0. The Morgan fingerprint density at radius 3 is 2.93 bits per heavy atom. The van der Waals surface area contributed by atoms with Gasteiger partial charge in [-0.3, -0.25) is 0 Å². The molecule has 0 amide bonds. The third kappa shape index (κ3) is 1.29. The Kier molecular flexibility index (Phi) is 1.88. The van der Waals surface area contributed by atoms with Crippen LogP contribution in [0.3, 0.4) is 0 Å². The Labute approximate surface area is 80.4 Å². The molecule has 2 aromatic rings. The molecule has 0 aliphatic rings. The maximum atomic E-state index is 8.87. The lowest BCUT2D eigenvalue weighted by Gasteiger charge is -2.03. The van der Waals surface area contributed by atoms with Crippen LogP contribution in [0.4, 0.5) is 5.69 Å². The number of nitrogen functional groups attached to an aromatic ring is 1. The molecule has 0 aliphatic carbocycles. The molecule has 0 saturated heterocycles. The second kappa shape index (κ2) is 3.18. The van der Waals surface area contributed by atoms with Crippen LogP contribution in [0.1, 0.15) is 5.56 Å². The van der Waals surface area contributed by atoms with Crippen LogP contribution >= 0.6 is 0 Å². The topological polar surface area (TPSA) is 80.5 Å². The first-order valence-corrected chi connectivity index (χ1v) is 3.96. The number of hydrogen-bond acceptors (Lipinski definition) is 4. The molecule has 0 fully saturated rings. The van der Waals surface area contributed by atoms with Crippen molar-refractivity contribution in [1.82, 2.24) is 14.8 Å². The van der Waals surface area contributed by atoms with Gasteiger partial charge in [0.1, 0.15) is 18.7 Å². The molecule has 1 aromatic heterocycles. The van der Waals surface area contributed by atoms with Crippen molar-refractivity contribution >= 4 is 5.69 Å². The predicted octanol–water partition coefficient (Wildman–Crippen LogP) is 0.721. The first-order valence-electron chi connectivity index (χ1n) is 3.96. The maximum absolute atomic E-state index is 8.87. The summed E-state index contributed by atoms with van der Waals surface area (Å²) in [6, 6.07) is 7.12. The van der Waals surface area contributed by atoms with Gasteiger partial charge in [0.15, 0.2) is 0 Å². The quantitative estimate of drug-likeness (QED) is 0.664. The highest BCUT2D eigenvalue weighted by Crippen LogP contribution is 2.15. The highest BCUT2D eigenvalue weighted by atomic mass is 15.3. The smallest absolute Gasteiger partial charge is 0.138 e. The van der Waals surface area contributed by atoms with Crippen molar-refractivity contribution in [3.63, 3.8) is 0 Å². The lowest BCUT2D eigenvalue weighted by atomic mass is 10.2. The third-order valence-electron chi connectivity index (χ3n) is 1.81. The van der Waals surface area contributed by atoms with Crippen LogP contribution in [0.2, 0.25) is 0 Å². The minimum Gasteiger partial charge on any atom is -0.399 e. The van der Waals surface area contributed by atoms with E-state index in [0.29, 0.717) is 16.9 Å². The van der Waals surface area contributed by atoms with Crippen LogP contribution < -0.4 is 5.73 Å². The highest BCUT2D eigenvalue weighted by Gasteiger charge is 2.04. The summed E-state index contributed by atoms with van der Waals surface area (Å²) < 4.78 is 1.53. The van der Waals surface area contributed by atoms with E-state index in [-0.39, 0.29) is 0 Å². The molecular weight excluding hydrogens is 178 g/mol. The van der Waals surface area contributed by atoms with Crippen molar-refractivity contribution in [2.24, 2.45) is 0 Å². The van der Waals surface area contributed by atoms with E-state index in [1.165, 1.54) is 17.3 Å². The fraction of sp³-hybridized carbons (Fsp3) is 0.